The Morgan fingerprint density at radius 2 is 2.20 bits per heavy atom. The number of benzene rings is 1. The molecule has 0 atom stereocenters. The number of hydrogen-bond acceptors (Lipinski definition) is 2. The van der Waals surface area contributed by atoms with E-state index in [0.717, 1.165) is 17.3 Å². The van der Waals surface area contributed by atoms with Gasteiger partial charge in [0.05, 0.1) is 0 Å². The van der Waals surface area contributed by atoms with Gasteiger partial charge < -0.3 is 5.32 Å². The fourth-order valence-corrected chi connectivity index (χ4v) is 2.40. The second-order valence-corrected chi connectivity index (χ2v) is 4.83. The van der Waals surface area contributed by atoms with Crippen LogP contribution in [0.4, 0.5) is 5.69 Å². The Labute approximate surface area is 98.7 Å². The van der Waals surface area contributed by atoms with E-state index in [1.165, 1.54) is 10.4 Å². The summed E-state index contributed by atoms with van der Waals surface area (Å²) in [6, 6.07) is 9.92. The Balaban J connectivity index is 2.02. The predicted molar refractivity (Wildman–Crippen MR) is 67.8 cm³/mol. The molecule has 0 amide bonds. The summed E-state index contributed by atoms with van der Waals surface area (Å²) >= 11 is 7.68. The Hall–Kier alpha value is -0.990. The van der Waals surface area contributed by atoms with Crippen LogP contribution in [0.15, 0.2) is 35.7 Å². The highest BCUT2D eigenvalue weighted by atomic mass is 35.5. The molecule has 1 N–H and O–H groups in total. The number of aryl methyl sites for hydroxylation is 1. The number of hydrogen-bond donors (Lipinski definition) is 1. The smallest absolute Gasteiger partial charge is 0.0496 e. The van der Waals surface area contributed by atoms with Crippen molar-refractivity contribution in [2.75, 3.05) is 5.32 Å². The molecule has 1 heterocycles. The van der Waals surface area contributed by atoms with Crippen molar-refractivity contribution in [3.8, 4) is 0 Å². The molecule has 0 fully saturated rings. The van der Waals surface area contributed by atoms with Crippen LogP contribution in [-0.2, 0) is 6.54 Å². The fourth-order valence-electron chi connectivity index (χ4n) is 1.37. The van der Waals surface area contributed by atoms with Crippen LogP contribution in [0.2, 0.25) is 5.02 Å². The van der Waals surface area contributed by atoms with Crippen LogP contribution in [-0.4, -0.2) is 0 Å². The first-order valence-corrected chi connectivity index (χ1v) is 6.04. The zero-order valence-corrected chi connectivity index (χ0v) is 10.0. The largest absolute Gasteiger partial charge is 0.380 e. The third kappa shape index (κ3) is 2.74. The van der Waals surface area contributed by atoms with Crippen molar-refractivity contribution in [3.05, 3.63) is 51.2 Å². The molecule has 3 heteroatoms. The molecule has 0 saturated carbocycles. The zero-order valence-electron chi connectivity index (χ0n) is 8.46. The summed E-state index contributed by atoms with van der Waals surface area (Å²) in [5.41, 5.74) is 2.41. The van der Waals surface area contributed by atoms with E-state index in [4.69, 9.17) is 11.6 Å². The standard InChI is InChI=1S/C12H12ClNS/c1-9-5-6-15-12(9)8-14-11-4-2-3-10(13)7-11/h2-7,14H,8H2,1H3. The minimum atomic E-state index is 0.767. The van der Waals surface area contributed by atoms with Gasteiger partial charge >= 0.3 is 0 Å². The van der Waals surface area contributed by atoms with Gasteiger partial charge in [-0.3, -0.25) is 0 Å². The van der Waals surface area contributed by atoms with E-state index in [1.54, 1.807) is 11.3 Å². The molecule has 78 valence electrons. The van der Waals surface area contributed by atoms with Gasteiger partial charge in [0.25, 0.3) is 0 Å². The van der Waals surface area contributed by atoms with E-state index >= 15 is 0 Å². The van der Waals surface area contributed by atoms with Gasteiger partial charge in [-0.15, -0.1) is 11.3 Å². The van der Waals surface area contributed by atoms with Crippen LogP contribution in [0.25, 0.3) is 0 Å². The van der Waals surface area contributed by atoms with Gasteiger partial charge in [0.2, 0.25) is 0 Å². The topological polar surface area (TPSA) is 12.0 Å². The van der Waals surface area contributed by atoms with E-state index in [2.05, 4.69) is 23.7 Å². The molecular formula is C12H12ClNS. The van der Waals surface area contributed by atoms with Gasteiger partial charge in [-0.25, -0.2) is 0 Å². The third-order valence-electron chi connectivity index (χ3n) is 2.25. The molecule has 1 nitrogen and oxygen atoms in total. The van der Waals surface area contributed by atoms with Crippen molar-refractivity contribution in [3.63, 3.8) is 0 Å². The number of nitrogens with one attached hydrogen (secondary N) is 1. The second-order valence-electron chi connectivity index (χ2n) is 3.39. The van der Waals surface area contributed by atoms with Gasteiger partial charge in [0.1, 0.15) is 0 Å². The maximum absolute atomic E-state index is 5.90. The van der Waals surface area contributed by atoms with Crippen molar-refractivity contribution >= 4 is 28.6 Å². The van der Waals surface area contributed by atoms with Crippen molar-refractivity contribution < 1.29 is 0 Å². The van der Waals surface area contributed by atoms with Gasteiger partial charge in [0.15, 0.2) is 0 Å². The molecule has 0 aliphatic rings. The fraction of sp³-hybridized carbons (Fsp3) is 0.167. The van der Waals surface area contributed by atoms with E-state index in [-0.39, 0.29) is 0 Å². The maximum atomic E-state index is 5.90. The molecule has 1 aromatic carbocycles. The van der Waals surface area contributed by atoms with Gasteiger partial charge in [-0.2, -0.15) is 0 Å². The van der Waals surface area contributed by atoms with Crippen LogP contribution in [0.3, 0.4) is 0 Å². The molecule has 0 radical (unpaired) electrons. The SMILES string of the molecule is Cc1ccsc1CNc1cccc(Cl)c1. The Bertz CT molecular complexity index is 450. The summed E-state index contributed by atoms with van der Waals surface area (Å²) in [6.45, 7) is 3.00. The number of thiophene rings is 1. The average molecular weight is 238 g/mol. The minimum Gasteiger partial charge on any atom is -0.380 e. The summed E-state index contributed by atoms with van der Waals surface area (Å²) < 4.78 is 0. The molecule has 2 rings (SSSR count). The van der Waals surface area contributed by atoms with Crippen LogP contribution in [0, 0.1) is 6.92 Å². The first kappa shape index (κ1) is 10.5. The average Bonchev–Trinajstić information content (AvgIpc) is 2.61. The maximum Gasteiger partial charge on any atom is 0.0496 e. The second kappa shape index (κ2) is 4.69. The van der Waals surface area contributed by atoms with Gasteiger partial charge in [-0.1, -0.05) is 17.7 Å². The van der Waals surface area contributed by atoms with Crippen molar-refractivity contribution in [2.24, 2.45) is 0 Å². The molecule has 2 aromatic rings. The molecular weight excluding hydrogens is 226 g/mol. The number of anilines is 1. The van der Waals surface area contributed by atoms with E-state index in [0.29, 0.717) is 0 Å². The third-order valence-corrected chi connectivity index (χ3v) is 3.50. The lowest BCUT2D eigenvalue weighted by atomic mass is 10.2. The van der Waals surface area contributed by atoms with E-state index in [1.807, 2.05) is 24.3 Å². The molecule has 1 aromatic heterocycles. The number of rotatable bonds is 3. The first-order valence-electron chi connectivity index (χ1n) is 4.78. The monoisotopic (exact) mass is 237 g/mol. The van der Waals surface area contributed by atoms with E-state index in [9.17, 15) is 0 Å². The Morgan fingerprint density at radius 3 is 2.87 bits per heavy atom. The lowest BCUT2D eigenvalue weighted by Gasteiger charge is -2.05. The summed E-state index contributed by atoms with van der Waals surface area (Å²) in [5.74, 6) is 0. The molecule has 0 aliphatic heterocycles. The van der Waals surface area contributed by atoms with Crippen LogP contribution in [0.5, 0.6) is 0 Å². The highest BCUT2D eigenvalue weighted by Crippen LogP contribution is 2.19. The molecule has 0 saturated heterocycles. The molecule has 15 heavy (non-hydrogen) atoms. The summed E-state index contributed by atoms with van der Waals surface area (Å²) in [6.07, 6.45) is 0. The number of halogens is 1. The predicted octanol–water partition coefficient (Wildman–Crippen LogP) is 4.32. The van der Waals surface area contributed by atoms with Crippen molar-refractivity contribution in [2.45, 2.75) is 13.5 Å². The first-order chi connectivity index (χ1) is 7.25. The highest BCUT2D eigenvalue weighted by molar-refractivity contribution is 7.10. The van der Waals surface area contributed by atoms with Gasteiger partial charge in [-0.05, 0) is 42.1 Å². The lowest BCUT2D eigenvalue weighted by molar-refractivity contribution is 1.17. The van der Waals surface area contributed by atoms with Crippen LogP contribution < -0.4 is 5.32 Å². The summed E-state index contributed by atoms with van der Waals surface area (Å²) in [7, 11) is 0. The highest BCUT2D eigenvalue weighted by Gasteiger charge is 1.99. The quantitative estimate of drug-likeness (QED) is 0.838. The van der Waals surface area contributed by atoms with Crippen molar-refractivity contribution in [1.82, 2.24) is 0 Å². The Morgan fingerprint density at radius 1 is 1.33 bits per heavy atom. The molecule has 0 spiro atoms. The van der Waals surface area contributed by atoms with Crippen molar-refractivity contribution in [1.29, 1.82) is 0 Å². The molecule has 0 aliphatic carbocycles. The minimum absolute atomic E-state index is 0.767. The van der Waals surface area contributed by atoms with Gasteiger partial charge in [0, 0.05) is 22.1 Å². The summed E-state index contributed by atoms with van der Waals surface area (Å²) in [4.78, 5) is 1.37. The molecule has 0 unspecified atom stereocenters. The molecule has 0 bridgehead atoms. The normalized spacial score (nSPS) is 10.3. The Kier molecular flexibility index (Phi) is 3.29. The lowest BCUT2D eigenvalue weighted by Crippen LogP contribution is -1.98. The van der Waals surface area contributed by atoms with E-state index < -0.39 is 0 Å². The van der Waals surface area contributed by atoms with Crippen LogP contribution in [0.1, 0.15) is 10.4 Å². The van der Waals surface area contributed by atoms with Crippen LogP contribution >= 0.6 is 22.9 Å². The summed E-state index contributed by atoms with van der Waals surface area (Å²) in [5, 5.41) is 6.24. The zero-order chi connectivity index (χ0) is 10.7.